The normalized spacial score (nSPS) is 10.4. The number of para-hydroxylation sites is 1. The fourth-order valence-electron chi connectivity index (χ4n) is 2.42. The van der Waals surface area contributed by atoms with Gasteiger partial charge in [0.25, 0.3) is 0 Å². The Bertz CT molecular complexity index is 792. The first-order valence-corrected chi connectivity index (χ1v) is 7.83. The predicted molar refractivity (Wildman–Crippen MR) is 95.1 cm³/mol. The second-order valence-corrected chi connectivity index (χ2v) is 5.40. The first-order chi connectivity index (χ1) is 11.7. The van der Waals surface area contributed by atoms with Crippen molar-refractivity contribution in [1.82, 2.24) is 9.97 Å². The zero-order valence-electron chi connectivity index (χ0n) is 13.5. The van der Waals surface area contributed by atoms with Crippen LogP contribution in [0.2, 0.25) is 0 Å². The van der Waals surface area contributed by atoms with Gasteiger partial charge in [-0.1, -0.05) is 36.4 Å². The molecule has 0 aliphatic carbocycles. The number of hydrogen-bond donors (Lipinski definition) is 1. The van der Waals surface area contributed by atoms with Crippen LogP contribution in [-0.4, -0.2) is 23.6 Å². The van der Waals surface area contributed by atoms with E-state index in [2.05, 4.69) is 15.3 Å². The van der Waals surface area contributed by atoms with Crippen LogP contribution in [0.5, 0.6) is 0 Å². The van der Waals surface area contributed by atoms with Crippen LogP contribution in [0.4, 0.5) is 21.8 Å². The monoisotopic (exact) mass is 322 g/mol. The molecule has 2 aromatic carbocycles. The van der Waals surface area contributed by atoms with Crippen LogP contribution in [0.1, 0.15) is 5.56 Å². The van der Waals surface area contributed by atoms with Crippen LogP contribution in [0.15, 0.2) is 66.9 Å². The molecular formula is C19H19FN4. The smallest absolute Gasteiger partial charge is 0.224 e. The van der Waals surface area contributed by atoms with Gasteiger partial charge in [-0.15, -0.1) is 0 Å². The van der Waals surface area contributed by atoms with Crippen molar-refractivity contribution in [3.8, 4) is 0 Å². The molecular weight excluding hydrogens is 303 g/mol. The van der Waals surface area contributed by atoms with Gasteiger partial charge in [0.15, 0.2) is 0 Å². The van der Waals surface area contributed by atoms with Gasteiger partial charge in [-0.3, -0.25) is 0 Å². The molecule has 1 N–H and O–H groups in total. The van der Waals surface area contributed by atoms with Crippen LogP contribution in [-0.2, 0) is 6.42 Å². The minimum atomic E-state index is -0.183. The molecule has 3 rings (SSSR count). The van der Waals surface area contributed by atoms with Crippen LogP contribution < -0.4 is 10.2 Å². The van der Waals surface area contributed by atoms with Crippen LogP contribution >= 0.6 is 0 Å². The molecule has 0 bridgehead atoms. The summed E-state index contributed by atoms with van der Waals surface area (Å²) < 4.78 is 13.6. The SMILES string of the molecule is CN(c1ccccc1)c1ccnc(NCCc2ccccc2F)n1. The summed E-state index contributed by atoms with van der Waals surface area (Å²) in [4.78, 5) is 10.7. The van der Waals surface area contributed by atoms with E-state index in [1.807, 2.05) is 54.4 Å². The van der Waals surface area contributed by atoms with Crippen LogP contribution in [0.25, 0.3) is 0 Å². The van der Waals surface area contributed by atoms with Crippen molar-refractivity contribution in [2.45, 2.75) is 6.42 Å². The van der Waals surface area contributed by atoms with Gasteiger partial charge < -0.3 is 10.2 Å². The highest BCUT2D eigenvalue weighted by Gasteiger charge is 2.07. The Morgan fingerprint density at radius 2 is 1.75 bits per heavy atom. The molecule has 0 fully saturated rings. The molecule has 24 heavy (non-hydrogen) atoms. The van der Waals surface area contributed by atoms with Crippen molar-refractivity contribution in [2.75, 3.05) is 23.8 Å². The number of nitrogens with one attached hydrogen (secondary N) is 1. The van der Waals surface area contributed by atoms with E-state index in [0.29, 0.717) is 24.5 Å². The minimum absolute atomic E-state index is 0.183. The summed E-state index contributed by atoms with van der Waals surface area (Å²) >= 11 is 0. The second-order valence-electron chi connectivity index (χ2n) is 5.40. The molecule has 0 aliphatic heterocycles. The van der Waals surface area contributed by atoms with E-state index in [1.165, 1.54) is 6.07 Å². The molecule has 0 radical (unpaired) electrons. The molecule has 0 saturated heterocycles. The van der Waals surface area contributed by atoms with Gasteiger partial charge in [0.2, 0.25) is 5.95 Å². The highest BCUT2D eigenvalue weighted by molar-refractivity contribution is 5.59. The molecule has 3 aromatic rings. The first-order valence-electron chi connectivity index (χ1n) is 7.83. The molecule has 4 nitrogen and oxygen atoms in total. The summed E-state index contributed by atoms with van der Waals surface area (Å²) in [7, 11) is 1.96. The summed E-state index contributed by atoms with van der Waals surface area (Å²) in [6, 6.07) is 18.6. The lowest BCUT2D eigenvalue weighted by Gasteiger charge is -2.18. The highest BCUT2D eigenvalue weighted by Crippen LogP contribution is 2.21. The topological polar surface area (TPSA) is 41.1 Å². The van der Waals surface area contributed by atoms with Crippen molar-refractivity contribution >= 4 is 17.5 Å². The molecule has 0 saturated carbocycles. The molecule has 0 aliphatic rings. The van der Waals surface area contributed by atoms with Crippen molar-refractivity contribution < 1.29 is 4.39 Å². The first kappa shape index (κ1) is 15.9. The standard InChI is InChI=1S/C19H19FN4/c1-24(16-8-3-2-4-9-16)18-12-14-22-19(23-18)21-13-11-15-7-5-6-10-17(15)20/h2-10,12,14H,11,13H2,1H3,(H,21,22,23). The predicted octanol–water partition coefficient (Wildman–Crippen LogP) is 4.04. The lowest BCUT2D eigenvalue weighted by atomic mass is 10.1. The molecule has 5 heteroatoms. The average Bonchev–Trinajstić information content (AvgIpc) is 2.64. The Morgan fingerprint density at radius 3 is 2.54 bits per heavy atom. The fourth-order valence-corrected chi connectivity index (χ4v) is 2.42. The van der Waals surface area contributed by atoms with E-state index < -0.39 is 0 Å². The number of halogens is 1. The number of aromatic nitrogens is 2. The summed E-state index contributed by atoms with van der Waals surface area (Å²) in [6.45, 7) is 0.569. The van der Waals surface area contributed by atoms with E-state index in [1.54, 1.807) is 18.3 Å². The molecule has 0 amide bonds. The van der Waals surface area contributed by atoms with Gasteiger partial charge >= 0.3 is 0 Å². The fraction of sp³-hybridized carbons (Fsp3) is 0.158. The number of nitrogens with zero attached hydrogens (tertiary/aromatic N) is 3. The summed E-state index contributed by atoms with van der Waals surface area (Å²) in [5.41, 5.74) is 1.73. The van der Waals surface area contributed by atoms with E-state index >= 15 is 0 Å². The largest absolute Gasteiger partial charge is 0.354 e. The minimum Gasteiger partial charge on any atom is -0.354 e. The zero-order valence-corrected chi connectivity index (χ0v) is 13.5. The van der Waals surface area contributed by atoms with Gasteiger partial charge in [-0.2, -0.15) is 4.98 Å². The molecule has 1 heterocycles. The Labute approximate surface area is 141 Å². The number of rotatable bonds is 6. The third-order valence-electron chi connectivity index (χ3n) is 3.76. The Kier molecular flexibility index (Phi) is 5.01. The van der Waals surface area contributed by atoms with Gasteiger partial charge in [0.1, 0.15) is 11.6 Å². The van der Waals surface area contributed by atoms with Gasteiger partial charge in [-0.25, -0.2) is 9.37 Å². The Hall–Kier alpha value is -2.95. The van der Waals surface area contributed by atoms with E-state index in [-0.39, 0.29) is 5.82 Å². The maximum Gasteiger partial charge on any atom is 0.224 e. The van der Waals surface area contributed by atoms with Crippen LogP contribution in [0.3, 0.4) is 0 Å². The van der Waals surface area contributed by atoms with Crippen molar-refractivity contribution in [1.29, 1.82) is 0 Å². The van der Waals surface area contributed by atoms with Crippen molar-refractivity contribution in [3.05, 3.63) is 78.2 Å². The summed E-state index contributed by atoms with van der Waals surface area (Å²) in [6.07, 6.45) is 2.29. The van der Waals surface area contributed by atoms with E-state index in [9.17, 15) is 4.39 Å². The highest BCUT2D eigenvalue weighted by atomic mass is 19.1. The van der Waals surface area contributed by atoms with Gasteiger partial charge in [0.05, 0.1) is 0 Å². The number of hydrogen-bond acceptors (Lipinski definition) is 4. The molecule has 122 valence electrons. The Morgan fingerprint density at radius 1 is 1.00 bits per heavy atom. The third-order valence-corrected chi connectivity index (χ3v) is 3.76. The lowest BCUT2D eigenvalue weighted by Crippen LogP contribution is -2.14. The van der Waals surface area contributed by atoms with Gasteiger partial charge in [-0.05, 0) is 36.2 Å². The Balaban J connectivity index is 1.64. The van der Waals surface area contributed by atoms with Gasteiger partial charge in [0, 0.05) is 25.5 Å². The maximum absolute atomic E-state index is 13.6. The quantitative estimate of drug-likeness (QED) is 0.744. The number of benzene rings is 2. The second kappa shape index (κ2) is 7.55. The van der Waals surface area contributed by atoms with Crippen molar-refractivity contribution in [3.63, 3.8) is 0 Å². The van der Waals surface area contributed by atoms with E-state index in [0.717, 1.165) is 11.5 Å². The maximum atomic E-state index is 13.6. The van der Waals surface area contributed by atoms with Crippen molar-refractivity contribution in [2.24, 2.45) is 0 Å². The average molecular weight is 322 g/mol. The molecule has 0 spiro atoms. The lowest BCUT2D eigenvalue weighted by molar-refractivity contribution is 0.610. The van der Waals surface area contributed by atoms with E-state index in [4.69, 9.17) is 0 Å². The van der Waals surface area contributed by atoms with Crippen LogP contribution in [0, 0.1) is 5.82 Å². The molecule has 0 atom stereocenters. The number of anilines is 3. The molecule has 0 unspecified atom stereocenters. The zero-order chi connectivity index (χ0) is 16.8. The third kappa shape index (κ3) is 3.87. The molecule has 1 aromatic heterocycles. The summed E-state index contributed by atoms with van der Waals surface area (Å²) in [5.74, 6) is 1.15. The summed E-state index contributed by atoms with van der Waals surface area (Å²) in [5, 5.41) is 3.15.